The summed E-state index contributed by atoms with van der Waals surface area (Å²) in [5.74, 6) is 0. The van der Waals surface area contributed by atoms with Crippen molar-refractivity contribution in [2.24, 2.45) is 0 Å². The maximum absolute atomic E-state index is 10.6. The van der Waals surface area contributed by atoms with Gasteiger partial charge in [0.25, 0.3) is 0 Å². The Balaban J connectivity index is 0.000000110. The van der Waals surface area contributed by atoms with E-state index in [0.717, 1.165) is 89.0 Å². The standard InChI is InChI=1S/3C43H25NS2/c44-26-30-9-1-2-12-34(30)29-11-7-10-27(21-29)31-22-32(28-19-20-38-36-13-3-5-17-40(36)45-42(38)25-28)24-33(23-31)35-15-8-16-39-37-14-4-6-18-41(37)46-43(35)39;44-26-39-32(27-10-2-1-3-11-27)14-8-15-33(39)30-22-29(28-20-21-37-35-12-4-6-18-40(35)45-42(37)25-28)23-31(24-30)34-16-9-17-38-36-13-5-7-19-41(36)46-43(34)38;44-26-33-21-28(27-9-2-1-3-10-27)17-19-34(33)31-22-30(29-18-20-38-36-11-4-6-15-40(36)45-42(38)25-29)23-32(24-31)35-13-8-14-39-37-12-5-7-16-41(37)46-43(35)39/h3*1-25H. The van der Waals surface area contributed by atoms with Gasteiger partial charge >= 0.3 is 0 Å². The second-order valence-corrected chi connectivity index (χ2v) is 41.3. The van der Waals surface area contributed by atoms with Crippen LogP contribution < -0.4 is 0 Å². The Kier molecular flexibility index (Phi) is 21.3. The summed E-state index contributed by atoms with van der Waals surface area (Å²) >= 11 is 11.1. The van der Waals surface area contributed by atoms with Gasteiger partial charge in [-0.2, -0.15) is 15.8 Å². The summed E-state index contributed by atoms with van der Waals surface area (Å²) < 4.78 is 15.5. The maximum atomic E-state index is 10.6. The van der Waals surface area contributed by atoms with Crippen molar-refractivity contribution in [3.05, 3.63) is 472 Å². The van der Waals surface area contributed by atoms with Gasteiger partial charge in [-0.05, 0) is 250 Å². The summed E-state index contributed by atoms with van der Waals surface area (Å²) in [6.07, 6.45) is 0. The van der Waals surface area contributed by atoms with Crippen molar-refractivity contribution in [1.29, 1.82) is 15.8 Å². The number of thiophene rings is 6. The molecule has 0 N–H and O–H groups in total. The minimum Gasteiger partial charge on any atom is -0.192 e. The molecule has 21 aromatic carbocycles. The Morgan fingerprint density at radius 3 is 0.804 bits per heavy atom. The Morgan fingerprint density at radius 1 is 0.130 bits per heavy atom. The number of hydrogen-bond acceptors (Lipinski definition) is 9. The highest BCUT2D eigenvalue weighted by Gasteiger charge is 2.23. The highest BCUT2D eigenvalue weighted by Crippen LogP contribution is 2.50. The van der Waals surface area contributed by atoms with Crippen molar-refractivity contribution in [3.8, 4) is 152 Å². The lowest BCUT2D eigenvalue weighted by molar-refractivity contribution is 1.47. The quantitative estimate of drug-likeness (QED) is 0.122. The fourth-order valence-electron chi connectivity index (χ4n) is 20.1. The van der Waals surface area contributed by atoms with Gasteiger partial charge in [-0.25, -0.2) is 0 Å². The van der Waals surface area contributed by atoms with E-state index in [-0.39, 0.29) is 0 Å². The fraction of sp³-hybridized carbons (Fsp3) is 0. The van der Waals surface area contributed by atoms with E-state index in [9.17, 15) is 15.8 Å². The van der Waals surface area contributed by atoms with Gasteiger partial charge in [0, 0.05) is 132 Å². The smallest absolute Gasteiger partial charge is 0.100 e. The van der Waals surface area contributed by atoms with Gasteiger partial charge in [0.2, 0.25) is 0 Å². The van der Waals surface area contributed by atoms with Crippen molar-refractivity contribution in [1.82, 2.24) is 0 Å². The van der Waals surface area contributed by atoms with E-state index in [2.05, 4.69) is 406 Å². The normalized spacial score (nSPS) is 11.5. The molecule has 0 saturated heterocycles. The summed E-state index contributed by atoms with van der Waals surface area (Å²) in [5, 5.41) is 46.3. The van der Waals surface area contributed by atoms with Crippen LogP contribution in [0.4, 0.5) is 0 Å². The van der Waals surface area contributed by atoms with E-state index >= 15 is 0 Å². The van der Waals surface area contributed by atoms with Crippen molar-refractivity contribution in [2.45, 2.75) is 0 Å². The van der Waals surface area contributed by atoms with Gasteiger partial charge < -0.3 is 0 Å². The number of benzene rings is 21. The molecule has 0 amide bonds. The van der Waals surface area contributed by atoms with E-state index in [1.54, 1.807) is 0 Å². The molecule has 0 spiro atoms. The van der Waals surface area contributed by atoms with Crippen LogP contribution in [0.1, 0.15) is 16.7 Å². The molecule has 0 unspecified atom stereocenters. The molecule has 0 bridgehead atoms. The number of fused-ring (bicyclic) bond motifs is 18. The third-order valence-electron chi connectivity index (χ3n) is 26.8. The van der Waals surface area contributed by atoms with Crippen molar-refractivity contribution in [2.75, 3.05) is 0 Å². The molecule has 9 heteroatoms. The van der Waals surface area contributed by atoms with Gasteiger partial charge in [-0.15, -0.1) is 68.0 Å². The molecule has 138 heavy (non-hydrogen) atoms. The summed E-state index contributed by atoms with van der Waals surface area (Å²) in [6.45, 7) is 0. The molecule has 3 nitrogen and oxygen atoms in total. The van der Waals surface area contributed by atoms with Crippen LogP contribution in [-0.2, 0) is 0 Å². The molecule has 0 aliphatic heterocycles. The van der Waals surface area contributed by atoms with E-state index in [1.165, 1.54) is 166 Å². The second-order valence-electron chi connectivity index (χ2n) is 34.8. The van der Waals surface area contributed by atoms with Crippen LogP contribution in [0.15, 0.2) is 455 Å². The predicted octanol–water partition coefficient (Wildman–Crippen LogP) is 38.9. The van der Waals surface area contributed by atoms with Crippen molar-refractivity contribution >= 4 is 189 Å². The van der Waals surface area contributed by atoms with Crippen LogP contribution >= 0.6 is 68.0 Å². The van der Waals surface area contributed by atoms with Crippen LogP contribution in [0.5, 0.6) is 0 Å². The zero-order valence-electron chi connectivity index (χ0n) is 74.1. The lowest BCUT2D eigenvalue weighted by atomic mass is 9.88. The third-order valence-corrected chi connectivity index (χ3v) is 33.8. The van der Waals surface area contributed by atoms with E-state index in [0.29, 0.717) is 16.7 Å². The molecule has 6 aromatic heterocycles. The largest absolute Gasteiger partial charge is 0.192 e. The molecule has 0 saturated carbocycles. The lowest BCUT2D eigenvalue weighted by Gasteiger charge is -2.15. The minimum absolute atomic E-state index is 0.671. The topological polar surface area (TPSA) is 71.4 Å². The first-order valence-corrected chi connectivity index (χ1v) is 50.8. The monoisotopic (exact) mass is 1860 g/mol. The summed E-state index contributed by atoms with van der Waals surface area (Å²) in [5.41, 5.74) is 28.6. The molecule has 0 radical (unpaired) electrons. The van der Waals surface area contributed by atoms with Gasteiger partial charge in [0.1, 0.15) is 6.07 Å². The highest BCUT2D eigenvalue weighted by atomic mass is 32.1. The Hall–Kier alpha value is -16.6. The summed E-state index contributed by atoms with van der Waals surface area (Å²) in [6, 6.07) is 170. The second kappa shape index (κ2) is 35.3. The molecular weight excluding hydrogens is 1780 g/mol. The average Bonchev–Trinajstić information content (AvgIpc) is 1.50. The summed E-state index contributed by atoms with van der Waals surface area (Å²) in [7, 11) is 0. The summed E-state index contributed by atoms with van der Waals surface area (Å²) in [4.78, 5) is 0. The molecule has 0 atom stereocenters. The Labute approximate surface area is 821 Å². The maximum Gasteiger partial charge on any atom is 0.100 e. The molecule has 0 aliphatic carbocycles. The first kappa shape index (κ1) is 83.3. The van der Waals surface area contributed by atoms with Crippen LogP contribution in [0.2, 0.25) is 0 Å². The van der Waals surface area contributed by atoms with Gasteiger partial charge in [-0.1, -0.05) is 328 Å². The lowest BCUT2D eigenvalue weighted by Crippen LogP contribution is -1.92. The molecule has 0 fully saturated rings. The number of hydrogen-bond donors (Lipinski definition) is 0. The van der Waals surface area contributed by atoms with E-state index in [1.807, 2.05) is 135 Å². The van der Waals surface area contributed by atoms with Crippen molar-refractivity contribution in [3.63, 3.8) is 0 Å². The van der Waals surface area contributed by atoms with Crippen LogP contribution in [0, 0.1) is 34.0 Å². The average molecular weight is 1860 g/mol. The highest BCUT2D eigenvalue weighted by molar-refractivity contribution is 7.28. The fourth-order valence-corrected chi connectivity index (χ4v) is 27.3. The Bertz CT molecular complexity index is 9740. The molecular formula is C129H75N3S6. The number of nitriles is 3. The molecule has 27 rings (SSSR count). The zero-order valence-corrected chi connectivity index (χ0v) is 79.0. The van der Waals surface area contributed by atoms with Gasteiger partial charge in [0.15, 0.2) is 0 Å². The SMILES string of the molecule is N#Cc1c(-c2ccccc2)cccc1-c1cc(-c2ccc3c(c2)sc2ccccc23)cc(-c2cccc3c2sc2ccccc23)c1.N#Cc1cc(-c2ccccc2)ccc1-c1cc(-c2ccc3c(c2)sc2ccccc23)cc(-c2cccc3c2sc2ccccc23)c1.N#Cc1ccccc1-c1cccc(-c2cc(-c3ccc4c(c3)sc3ccccc34)cc(-c3cccc4c3sc3ccccc34)c2)c1. The molecule has 642 valence electrons. The zero-order chi connectivity index (χ0) is 91.8. The number of nitrogens with zero attached hydrogens (tertiary/aromatic N) is 3. The molecule has 6 heterocycles. The molecule has 0 aliphatic rings. The van der Waals surface area contributed by atoms with Crippen LogP contribution in [0.3, 0.4) is 0 Å². The first-order valence-electron chi connectivity index (χ1n) is 45.9. The first-order chi connectivity index (χ1) is 68.2. The van der Waals surface area contributed by atoms with E-state index < -0.39 is 0 Å². The van der Waals surface area contributed by atoms with Crippen LogP contribution in [0.25, 0.3) is 255 Å². The third kappa shape index (κ3) is 15.2. The predicted molar refractivity (Wildman–Crippen MR) is 596 cm³/mol. The van der Waals surface area contributed by atoms with E-state index in [4.69, 9.17) is 0 Å². The minimum atomic E-state index is 0.671. The van der Waals surface area contributed by atoms with Crippen LogP contribution in [-0.4, -0.2) is 0 Å². The number of rotatable bonds is 12. The molecule has 27 aromatic rings. The Morgan fingerprint density at radius 2 is 0.384 bits per heavy atom. The van der Waals surface area contributed by atoms with Crippen molar-refractivity contribution < 1.29 is 0 Å². The van der Waals surface area contributed by atoms with Gasteiger partial charge in [-0.3, -0.25) is 0 Å². The van der Waals surface area contributed by atoms with Gasteiger partial charge in [0.05, 0.1) is 28.8 Å².